The van der Waals surface area contributed by atoms with Gasteiger partial charge in [-0.15, -0.1) is 0 Å². The molecule has 0 radical (unpaired) electrons. The largest absolute Gasteiger partial charge is 0.330 e. The molecule has 0 saturated carbocycles. The van der Waals surface area contributed by atoms with Gasteiger partial charge in [-0.05, 0) is 24.6 Å². The molecule has 2 aromatic rings. The van der Waals surface area contributed by atoms with E-state index in [2.05, 4.69) is 15.9 Å². The van der Waals surface area contributed by atoms with Crippen LogP contribution >= 0.6 is 15.9 Å². The molecule has 0 bridgehead atoms. The van der Waals surface area contributed by atoms with Gasteiger partial charge in [0.15, 0.2) is 5.78 Å². The quantitative estimate of drug-likeness (QED) is 0.778. The zero-order chi connectivity index (χ0) is 15.0. The summed E-state index contributed by atoms with van der Waals surface area (Å²) in [5.41, 5.74) is 0.148. The number of benzene rings is 1. The van der Waals surface area contributed by atoms with Crippen LogP contribution in [0.1, 0.15) is 21.5 Å². The fraction of sp³-hybridized carbons (Fsp3) is 0.214. The van der Waals surface area contributed by atoms with Crippen LogP contribution in [0.15, 0.2) is 38.5 Å². The number of halogens is 1. The second-order valence-electron chi connectivity index (χ2n) is 4.59. The molecule has 0 amide bonds. The Hall–Kier alpha value is -1.95. The minimum atomic E-state index is -0.586. The molecule has 1 aromatic heterocycles. The van der Waals surface area contributed by atoms with Gasteiger partial charge in [-0.2, -0.15) is 0 Å². The van der Waals surface area contributed by atoms with Crippen molar-refractivity contribution in [2.45, 2.75) is 6.92 Å². The summed E-state index contributed by atoms with van der Waals surface area (Å²) >= 11 is 3.31. The van der Waals surface area contributed by atoms with Gasteiger partial charge in [-0.1, -0.05) is 22.0 Å². The molecule has 1 heterocycles. The van der Waals surface area contributed by atoms with Crippen molar-refractivity contribution in [3.63, 3.8) is 0 Å². The monoisotopic (exact) mass is 336 g/mol. The second-order valence-corrected chi connectivity index (χ2v) is 5.50. The first-order valence-electron chi connectivity index (χ1n) is 5.90. The molecule has 0 aliphatic carbocycles. The average molecular weight is 337 g/mol. The summed E-state index contributed by atoms with van der Waals surface area (Å²) in [5.74, 6) is -0.389. The van der Waals surface area contributed by atoms with E-state index in [-0.39, 0.29) is 11.3 Å². The SMILES string of the molecule is Cc1ccc(Br)cc1C(=O)c1cn(C)c(=O)n(C)c1=O. The van der Waals surface area contributed by atoms with Crippen molar-refractivity contribution in [2.75, 3.05) is 0 Å². The number of rotatable bonds is 2. The van der Waals surface area contributed by atoms with Crippen LogP contribution in [0.2, 0.25) is 0 Å². The molecule has 0 N–H and O–H groups in total. The van der Waals surface area contributed by atoms with Crippen molar-refractivity contribution in [1.29, 1.82) is 0 Å². The second kappa shape index (κ2) is 5.20. The molecule has 0 fully saturated rings. The van der Waals surface area contributed by atoms with Crippen molar-refractivity contribution >= 4 is 21.7 Å². The fourth-order valence-corrected chi connectivity index (χ4v) is 2.31. The summed E-state index contributed by atoms with van der Waals surface area (Å²) in [6.07, 6.45) is 1.29. The normalized spacial score (nSPS) is 10.6. The van der Waals surface area contributed by atoms with E-state index in [1.807, 2.05) is 6.07 Å². The number of aromatic nitrogens is 2. The average Bonchev–Trinajstić information content (AvgIpc) is 2.42. The van der Waals surface area contributed by atoms with Crippen LogP contribution in [-0.4, -0.2) is 14.9 Å². The van der Waals surface area contributed by atoms with Gasteiger partial charge < -0.3 is 4.57 Å². The highest BCUT2D eigenvalue weighted by atomic mass is 79.9. The molecular formula is C14H13BrN2O3. The number of hydrogen-bond acceptors (Lipinski definition) is 3. The van der Waals surface area contributed by atoms with Gasteiger partial charge in [-0.25, -0.2) is 4.79 Å². The predicted molar refractivity (Wildman–Crippen MR) is 79.2 cm³/mol. The highest BCUT2D eigenvalue weighted by Crippen LogP contribution is 2.18. The van der Waals surface area contributed by atoms with E-state index in [0.717, 1.165) is 14.6 Å². The third-order valence-corrected chi connectivity index (χ3v) is 3.63. The lowest BCUT2D eigenvalue weighted by Gasteiger charge is -2.08. The van der Waals surface area contributed by atoms with Gasteiger partial charge in [-0.3, -0.25) is 14.2 Å². The molecule has 2 rings (SSSR count). The number of aryl methyl sites for hydroxylation is 2. The van der Waals surface area contributed by atoms with E-state index < -0.39 is 11.2 Å². The highest BCUT2D eigenvalue weighted by Gasteiger charge is 2.18. The number of carbonyl (C=O) groups is 1. The first-order valence-corrected chi connectivity index (χ1v) is 6.69. The maximum absolute atomic E-state index is 12.5. The molecule has 0 atom stereocenters. The Labute approximate surface area is 123 Å². The summed E-state index contributed by atoms with van der Waals surface area (Å²) < 4.78 is 2.91. The number of carbonyl (C=O) groups excluding carboxylic acids is 1. The third-order valence-electron chi connectivity index (χ3n) is 3.14. The minimum absolute atomic E-state index is 0.0178. The number of nitrogens with zero attached hydrogens (tertiary/aromatic N) is 2. The van der Waals surface area contributed by atoms with Crippen molar-refractivity contribution in [2.24, 2.45) is 14.1 Å². The first kappa shape index (κ1) is 14.5. The van der Waals surface area contributed by atoms with Crippen molar-refractivity contribution < 1.29 is 4.79 Å². The van der Waals surface area contributed by atoms with Crippen LogP contribution in [0, 0.1) is 6.92 Å². The summed E-state index contributed by atoms with van der Waals surface area (Å²) in [7, 11) is 2.86. The summed E-state index contributed by atoms with van der Waals surface area (Å²) in [4.78, 5) is 36.2. The van der Waals surface area contributed by atoms with Crippen LogP contribution < -0.4 is 11.2 Å². The first-order chi connectivity index (χ1) is 9.32. The molecule has 0 saturated heterocycles. The standard InChI is InChI=1S/C14H13BrN2O3/c1-8-4-5-9(15)6-10(8)12(18)11-7-16(2)14(20)17(3)13(11)19/h4-7H,1-3H3. The number of ketones is 1. The Morgan fingerprint density at radius 2 is 1.80 bits per heavy atom. The zero-order valence-electron chi connectivity index (χ0n) is 11.3. The minimum Gasteiger partial charge on any atom is -0.303 e. The van der Waals surface area contributed by atoms with E-state index in [1.54, 1.807) is 19.1 Å². The lowest BCUT2D eigenvalue weighted by molar-refractivity contribution is 0.103. The van der Waals surface area contributed by atoms with Crippen LogP contribution in [-0.2, 0) is 14.1 Å². The van der Waals surface area contributed by atoms with E-state index in [0.29, 0.717) is 5.56 Å². The Morgan fingerprint density at radius 1 is 1.15 bits per heavy atom. The topological polar surface area (TPSA) is 61.1 Å². The van der Waals surface area contributed by atoms with Crippen LogP contribution in [0.4, 0.5) is 0 Å². The van der Waals surface area contributed by atoms with Crippen LogP contribution in [0.5, 0.6) is 0 Å². The van der Waals surface area contributed by atoms with E-state index >= 15 is 0 Å². The van der Waals surface area contributed by atoms with Crippen LogP contribution in [0.3, 0.4) is 0 Å². The maximum Gasteiger partial charge on any atom is 0.330 e. The van der Waals surface area contributed by atoms with Gasteiger partial charge in [0.25, 0.3) is 5.56 Å². The van der Waals surface area contributed by atoms with E-state index in [4.69, 9.17) is 0 Å². The van der Waals surface area contributed by atoms with Gasteiger partial charge in [0, 0.05) is 30.3 Å². The fourth-order valence-electron chi connectivity index (χ4n) is 1.95. The molecule has 20 heavy (non-hydrogen) atoms. The smallest absolute Gasteiger partial charge is 0.303 e. The number of hydrogen-bond donors (Lipinski definition) is 0. The predicted octanol–water partition coefficient (Wildman–Crippen LogP) is 1.39. The molecule has 104 valence electrons. The molecule has 0 aliphatic heterocycles. The Kier molecular flexibility index (Phi) is 3.76. The molecular weight excluding hydrogens is 324 g/mol. The van der Waals surface area contributed by atoms with Gasteiger partial charge in [0.2, 0.25) is 0 Å². The van der Waals surface area contributed by atoms with Gasteiger partial charge >= 0.3 is 5.69 Å². The Bertz CT molecular complexity index is 818. The van der Waals surface area contributed by atoms with Crippen molar-refractivity contribution in [3.8, 4) is 0 Å². The highest BCUT2D eigenvalue weighted by molar-refractivity contribution is 9.10. The lowest BCUT2D eigenvalue weighted by Crippen LogP contribution is -2.39. The van der Waals surface area contributed by atoms with Crippen molar-refractivity contribution in [3.05, 3.63) is 66.4 Å². The van der Waals surface area contributed by atoms with Gasteiger partial charge in [0.1, 0.15) is 5.56 Å². The van der Waals surface area contributed by atoms with Crippen LogP contribution in [0.25, 0.3) is 0 Å². The zero-order valence-corrected chi connectivity index (χ0v) is 12.9. The van der Waals surface area contributed by atoms with Gasteiger partial charge in [0.05, 0.1) is 0 Å². The summed E-state index contributed by atoms with van der Waals surface area (Å²) in [6, 6.07) is 5.29. The molecule has 1 aromatic carbocycles. The summed E-state index contributed by atoms with van der Waals surface area (Å²) in [6.45, 7) is 1.80. The van der Waals surface area contributed by atoms with E-state index in [9.17, 15) is 14.4 Å². The van der Waals surface area contributed by atoms with E-state index in [1.165, 1.54) is 24.9 Å². The third kappa shape index (κ3) is 2.38. The molecule has 0 spiro atoms. The Balaban J connectivity index is 2.69. The molecule has 0 unspecified atom stereocenters. The molecule has 0 aliphatic rings. The maximum atomic E-state index is 12.5. The summed E-state index contributed by atoms with van der Waals surface area (Å²) in [5, 5.41) is 0. The lowest BCUT2D eigenvalue weighted by atomic mass is 10.0. The van der Waals surface area contributed by atoms with Crippen molar-refractivity contribution in [1.82, 2.24) is 9.13 Å². The molecule has 6 heteroatoms. The molecule has 5 nitrogen and oxygen atoms in total. The Morgan fingerprint density at radius 3 is 2.45 bits per heavy atom.